The van der Waals surface area contributed by atoms with Crippen molar-refractivity contribution < 1.29 is 22.7 Å². The minimum Gasteiger partial charge on any atom is -0.382 e. The molecule has 2 aliphatic carbocycles. The summed E-state index contributed by atoms with van der Waals surface area (Å²) in [5, 5.41) is 12.4. The van der Waals surface area contributed by atoms with Crippen molar-refractivity contribution in [2.24, 2.45) is 0 Å². The Bertz CT molecular complexity index is 1500. The highest BCUT2D eigenvalue weighted by molar-refractivity contribution is 5.66. The lowest BCUT2D eigenvalue weighted by Gasteiger charge is -2.45. The molecule has 0 bridgehead atoms. The van der Waals surface area contributed by atoms with Crippen LogP contribution in [0.5, 0.6) is 0 Å². The SMILES string of the molecule is N#Cc1cccc(-c2ccc(C3(OC(C=O)CNc4ccc(C5CC5)c(C(F)(F)F)c4)CCN(C4CCCC4)CC3)cc2)c1. The third-order valence-electron chi connectivity index (χ3n) is 9.59. The van der Waals surface area contributed by atoms with E-state index in [0.29, 0.717) is 35.7 Å². The first-order chi connectivity index (χ1) is 21.3. The van der Waals surface area contributed by atoms with Crippen LogP contribution in [0.1, 0.15) is 79.5 Å². The van der Waals surface area contributed by atoms with Crippen molar-refractivity contribution >= 4 is 12.0 Å². The summed E-state index contributed by atoms with van der Waals surface area (Å²) in [7, 11) is 0. The highest BCUT2D eigenvalue weighted by Crippen LogP contribution is 2.46. The molecule has 5 nitrogen and oxygen atoms in total. The van der Waals surface area contributed by atoms with Crippen LogP contribution in [-0.2, 0) is 21.3 Å². The van der Waals surface area contributed by atoms with E-state index in [1.54, 1.807) is 18.2 Å². The van der Waals surface area contributed by atoms with E-state index in [0.717, 1.165) is 55.0 Å². The van der Waals surface area contributed by atoms with E-state index >= 15 is 0 Å². The van der Waals surface area contributed by atoms with Gasteiger partial charge in [-0.25, -0.2) is 0 Å². The van der Waals surface area contributed by atoms with Gasteiger partial charge < -0.3 is 19.7 Å². The number of halogens is 3. The number of aldehydes is 1. The number of nitrogens with one attached hydrogen (secondary N) is 1. The van der Waals surface area contributed by atoms with Gasteiger partial charge in [0.05, 0.1) is 22.8 Å². The molecule has 0 spiro atoms. The van der Waals surface area contributed by atoms with Crippen molar-refractivity contribution in [2.75, 3.05) is 25.0 Å². The molecule has 3 fully saturated rings. The molecule has 0 radical (unpaired) electrons. The average Bonchev–Trinajstić information content (AvgIpc) is 3.75. The third kappa shape index (κ3) is 6.69. The van der Waals surface area contributed by atoms with Crippen LogP contribution in [0.4, 0.5) is 18.9 Å². The van der Waals surface area contributed by atoms with Gasteiger partial charge in [-0.05, 0) is 91.0 Å². The molecule has 0 aromatic heterocycles. The predicted molar refractivity (Wildman–Crippen MR) is 164 cm³/mol. The summed E-state index contributed by atoms with van der Waals surface area (Å²) in [5.41, 5.74) is 2.86. The van der Waals surface area contributed by atoms with E-state index in [4.69, 9.17) is 4.74 Å². The van der Waals surface area contributed by atoms with E-state index in [2.05, 4.69) is 16.3 Å². The maximum Gasteiger partial charge on any atom is 0.416 e. The molecule has 1 N–H and O–H groups in total. The summed E-state index contributed by atoms with van der Waals surface area (Å²) >= 11 is 0. The maximum absolute atomic E-state index is 13.8. The molecule has 44 heavy (non-hydrogen) atoms. The van der Waals surface area contributed by atoms with Crippen LogP contribution in [0.25, 0.3) is 11.1 Å². The van der Waals surface area contributed by atoms with E-state index in [1.165, 1.54) is 25.7 Å². The van der Waals surface area contributed by atoms with Gasteiger partial charge >= 0.3 is 6.18 Å². The number of rotatable bonds is 10. The molecule has 3 aliphatic rings. The van der Waals surface area contributed by atoms with Crippen LogP contribution >= 0.6 is 0 Å². The molecule has 1 aliphatic heterocycles. The largest absolute Gasteiger partial charge is 0.416 e. The Morgan fingerprint density at radius 2 is 1.70 bits per heavy atom. The lowest BCUT2D eigenvalue weighted by atomic mass is 9.82. The Hall–Kier alpha value is -3.67. The third-order valence-corrected chi connectivity index (χ3v) is 9.59. The first-order valence-corrected chi connectivity index (χ1v) is 15.7. The second kappa shape index (κ2) is 12.7. The van der Waals surface area contributed by atoms with Gasteiger partial charge in [-0.15, -0.1) is 0 Å². The fourth-order valence-electron chi connectivity index (χ4n) is 7.02. The van der Waals surface area contributed by atoms with Gasteiger partial charge in [0.1, 0.15) is 6.10 Å². The summed E-state index contributed by atoms with van der Waals surface area (Å²) in [4.78, 5) is 14.9. The number of nitrogens with zero attached hydrogens (tertiary/aromatic N) is 2. The fraction of sp³-hybridized carbons (Fsp3) is 0.444. The predicted octanol–water partition coefficient (Wildman–Crippen LogP) is 8.05. The van der Waals surface area contributed by atoms with Crippen molar-refractivity contribution in [2.45, 2.75) is 81.2 Å². The highest BCUT2D eigenvalue weighted by atomic mass is 19.4. The van der Waals surface area contributed by atoms with Crippen molar-refractivity contribution in [3.63, 3.8) is 0 Å². The van der Waals surface area contributed by atoms with Crippen molar-refractivity contribution in [1.29, 1.82) is 5.26 Å². The first kappa shape index (κ1) is 30.4. The molecule has 1 saturated heterocycles. The topological polar surface area (TPSA) is 65.4 Å². The molecule has 3 aromatic rings. The Kier molecular flexibility index (Phi) is 8.80. The standard InChI is InChI=1S/C36H38F3N3O2/c37-36(38,39)34-21-30(14-15-33(34)27-8-9-27)41-23-32(24-43)44-35(16-18-42(19-17-35)31-6-1-2-7-31)29-12-10-26(11-13-29)28-5-3-4-25(20-28)22-40/h3-5,10-15,20-21,24,27,31-32,41H,1-2,6-9,16-19,23H2. The number of benzene rings is 3. The fourth-order valence-corrected chi connectivity index (χ4v) is 7.02. The zero-order chi connectivity index (χ0) is 30.7. The lowest BCUT2D eigenvalue weighted by molar-refractivity contribution is -0.145. The number of piperidine rings is 1. The molecule has 1 heterocycles. The van der Waals surface area contributed by atoms with Gasteiger partial charge in [0.25, 0.3) is 0 Å². The highest BCUT2D eigenvalue weighted by Gasteiger charge is 2.41. The minimum absolute atomic E-state index is 0.0247. The van der Waals surface area contributed by atoms with E-state index in [-0.39, 0.29) is 12.5 Å². The monoisotopic (exact) mass is 601 g/mol. The molecule has 230 valence electrons. The van der Waals surface area contributed by atoms with Crippen LogP contribution in [0.3, 0.4) is 0 Å². The van der Waals surface area contributed by atoms with Crippen molar-refractivity contribution in [3.8, 4) is 17.2 Å². The minimum atomic E-state index is -4.43. The number of alkyl halides is 3. The van der Waals surface area contributed by atoms with Crippen LogP contribution < -0.4 is 5.32 Å². The lowest BCUT2D eigenvalue weighted by Crippen LogP contribution is -2.49. The second-order valence-corrected chi connectivity index (χ2v) is 12.5. The number of carbonyl (C=O) groups is 1. The van der Waals surface area contributed by atoms with E-state index in [1.807, 2.05) is 42.5 Å². The molecule has 3 aromatic carbocycles. The molecule has 6 rings (SSSR count). The Morgan fingerprint density at radius 1 is 0.977 bits per heavy atom. The van der Waals surface area contributed by atoms with E-state index < -0.39 is 23.4 Å². The van der Waals surface area contributed by atoms with Crippen LogP contribution in [0, 0.1) is 11.3 Å². The van der Waals surface area contributed by atoms with Gasteiger partial charge in [0, 0.05) is 31.4 Å². The Labute approximate surface area is 257 Å². The number of nitriles is 1. The second-order valence-electron chi connectivity index (χ2n) is 12.5. The summed E-state index contributed by atoms with van der Waals surface area (Å²) in [6.45, 7) is 1.77. The summed E-state index contributed by atoms with van der Waals surface area (Å²) < 4.78 is 48.1. The number of hydrogen-bond acceptors (Lipinski definition) is 5. The zero-order valence-electron chi connectivity index (χ0n) is 24.8. The number of carbonyl (C=O) groups excluding carboxylic acids is 1. The van der Waals surface area contributed by atoms with Crippen LogP contribution in [0.15, 0.2) is 66.7 Å². The maximum atomic E-state index is 13.8. The van der Waals surface area contributed by atoms with Crippen molar-refractivity contribution in [1.82, 2.24) is 4.90 Å². The first-order valence-electron chi connectivity index (χ1n) is 15.7. The Balaban J connectivity index is 1.21. The van der Waals surface area contributed by atoms with Gasteiger partial charge in [0.2, 0.25) is 0 Å². The molecular weight excluding hydrogens is 563 g/mol. The number of anilines is 1. The number of likely N-dealkylation sites (tertiary alicyclic amines) is 1. The van der Waals surface area contributed by atoms with Gasteiger partial charge in [-0.2, -0.15) is 18.4 Å². The summed E-state index contributed by atoms with van der Waals surface area (Å²) in [6, 6.07) is 22.8. The molecule has 1 atom stereocenters. The number of ether oxygens (including phenoxy) is 1. The van der Waals surface area contributed by atoms with Gasteiger partial charge in [-0.1, -0.05) is 55.3 Å². The van der Waals surface area contributed by atoms with E-state index in [9.17, 15) is 23.2 Å². The average molecular weight is 602 g/mol. The molecule has 2 saturated carbocycles. The van der Waals surface area contributed by atoms with Crippen LogP contribution in [0.2, 0.25) is 0 Å². The van der Waals surface area contributed by atoms with Gasteiger partial charge in [-0.3, -0.25) is 0 Å². The smallest absolute Gasteiger partial charge is 0.382 e. The zero-order valence-corrected chi connectivity index (χ0v) is 24.8. The number of hydrogen-bond donors (Lipinski definition) is 1. The quantitative estimate of drug-likeness (QED) is 0.238. The summed E-state index contributed by atoms with van der Waals surface area (Å²) in [5.74, 6) is -0.0247. The Morgan fingerprint density at radius 3 is 2.34 bits per heavy atom. The van der Waals surface area contributed by atoms with Crippen LogP contribution in [-0.4, -0.2) is 43.0 Å². The molecule has 0 amide bonds. The summed E-state index contributed by atoms with van der Waals surface area (Å²) in [6.07, 6.45) is 3.40. The molecule has 8 heteroatoms. The van der Waals surface area contributed by atoms with Gasteiger partial charge in [0.15, 0.2) is 6.29 Å². The normalized spacial score (nSPS) is 19.8. The molecule has 1 unspecified atom stereocenters. The molecular formula is C36H38F3N3O2. The van der Waals surface area contributed by atoms with Crippen molar-refractivity contribution in [3.05, 3.63) is 89.0 Å².